The predicted octanol–water partition coefficient (Wildman–Crippen LogP) is 4.24. The van der Waals surface area contributed by atoms with Gasteiger partial charge in [-0.1, -0.05) is 49.0 Å². The van der Waals surface area contributed by atoms with E-state index in [0.29, 0.717) is 51.6 Å². The Morgan fingerprint density at radius 1 is 1.09 bits per heavy atom. The van der Waals surface area contributed by atoms with Crippen LogP contribution in [0.1, 0.15) is 30.9 Å². The molecule has 3 aromatic rings. The zero-order valence-corrected chi connectivity index (χ0v) is 24.3. The molecule has 6 rings (SSSR count). The number of methoxy groups -OCH3 is 1. The Kier molecular flexibility index (Phi) is 8.01. The standard InChI is InChI=1S/C31H29N5O6S/c1-3-26(29(38)33-19-12-13-24-25(14-19)42-17-41-24)43-31-35-21-10-6-5-9-20(21)28-34-22(30(39)36(28)31)15-27(37)32-16-18-8-4-7-11-23(18)40-2/h4-14,22,26H,3,15-17H2,1-2H3,(H,32,37)(H,33,38)/t22-,26+/m0/s1. The van der Waals surface area contributed by atoms with E-state index >= 15 is 0 Å². The van der Waals surface area contributed by atoms with Crippen LogP contribution in [0.4, 0.5) is 11.4 Å². The van der Waals surface area contributed by atoms with E-state index in [1.165, 1.54) is 16.7 Å². The number of amides is 3. The number of rotatable bonds is 9. The smallest absolute Gasteiger partial charge is 0.259 e. The molecule has 2 N–H and O–H groups in total. The quantitative estimate of drug-likeness (QED) is 0.376. The fourth-order valence-corrected chi connectivity index (χ4v) is 5.97. The van der Waals surface area contributed by atoms with Crippen LogP contribution in [-0.4, -0.2) is 58.8 Å². The van der Waals surface area contributed by atoms with Crippen molar-refractivity contribution in [2.24, 2.45) is 9.98 Å². The zero-order valence-electron chi connectivity index (χ0n) is 23.5. The van der Waals surface area contributed by atoms with Crippen molar-refractivity contribution < 1.29 is 28.6 Å². The molecule has 0 radical (unpaired) electrons. The number of hydrogen-bond donors (Lipinski definition) is 2. The van der Waals surface area contributed by atoms with Gasteiger partial charge in [-0.3, -0.25) is 19.4 Å². The lowest BCUT2D eigenvalue weighted by molar-refractivity contribution is -0.128. The van der Waals surface area contributed by atoms with Crippen LogP contribution in [0.15, 0.2) is 76.7 Å². The highest BCUT2D eigenvalue weighted by molar-refractivity contribution is 8.15. The number of carbonyl (C=O) groups is 3. The van der Waals surface area contributed by atoms with Crippen molar-refractivity contribution in [3.8, 4) is 17.2 Å². The molecule has 12 heteroatoms. The second-order valence-corrected chi connectivity index (χ2v) is 11.1. The van der Waals surface area contributed by atoms with Gasteiger partial charge in [-0.2, -0.15) is 0 Å². The summed E-state index contributed by atoms with van der Waals surface area (Å²) in [5.74, 6) is 1.35. The maximum absolute atomic E-state index is 13.7. The number of hydrogen-bond acceptors (Lipinski definition) is 9. The Morgan fingerprint density at radius 2 is 1.88 bits per heavy atom. The molecule has 11 nitrogen and oxygen atoms in total. The normalized spacial score (nSPS) is 16.9. The average Bonchev–Trinajstić information content (AvgIpc) is 3.63. The van der Waals surface area contributed by atoms with Gasteiger partial charge in [0.15, 0.2) is 16.7 Å². The first-order valence-corrected chi connectivity index (χ1v) is 14.7. The van der Waals surface area contributed by atoms with Gasteiger partial charge >= 0.3 is 0 Å². The molecule has 0 unspecified atom stereocenters. The summed E-state index contributed by atoms with van der Waals surface area (Å²) in [5.41, 5.74) is 2.72. The van der Waals surface area contributed by atoms with Crippen molar-refractivity contribution in [1.29, 1.82) is 0 Å². The molecule has 3 amide bonds. The Morgan fingerprint density at radius 3 is 2.72 bits per heavy atom. The number of ether oxygens (including phenoxy) is 3. The molecular formula is C31H29N5O6S. The van der Waals surface area contributed by atoms with E-state index in [1.54, 1.807) is 25.3 Å². The second-order valence-electron chi connectivity index (χ2n) is 9.92. The van der Waals surface area contributed by atoms with Gasteiger partial charge in [-0.05, 0) is 36.8 Å². The molecule has 2 atom stereocenters. The van der Waals surface area contributed by atoms with E-state index < -0.39 is 11.3 Å². The van der Waals surface area contributed by atoms with Crippen LogP contribution in [0.2, 0.25) is 0 Å². The second kappa shape index (κ2) is 12.2. The summed E-state index contributed by atoms with van der Waals surface area (Å²) in [6, 6.07) is 19.1. The van der Waals surface area contributed by atoms with Crippen molar-refractivity contribution in [1.82, 2.24) is 10.2 Å². The van der Waals surface area contributed by atoms with E-state index in [2.05, 4.69) is 15.6 Å². The average molecular weight is 600 g/mol. The number of amidine groups is 2. The number of thioether (sulfide) groups is 1. The Labute approximate surface area is 252 Å². The van der Waals surface area contributed by atoms with Gasteiger partial charge in [0, 0.05) is 29.4 Å². The van der Waals surface area contributed by atoms with Crippen molar-refractivity contribution in [3.63, 3.8) is 0 Å². The molecule has 0 saturated heterocycles. The number of aliphatic imine (C=N–C) groups is 2. The van der Waals surface area contributed by atoms with E-state index in [-0.39, 0.29) is 37.5 Å². The molecule has 3 aromatic carbocycles. The van der Waals surface area contributed by atoms with Crippen molar-refractivity contribution >= 4 is 51.9 Å². The number of para-hydroxylation sites is 2. The van der Waals surface area contributed by atoms with Crippen LogP contribution in [0, 0.1) is 0 Å². The van der Waals surface area contributed by atoms with Gasteiger partial charge in [-0.25, -0.2) is 9.89 Å². The number of benzene rings is 3. The minimum absolute atomic E-state index is 0.129. The lowest BCUT2D eigenvalue weighted by Crippen LogP contribution is -2.43. The Bertz CT molecular complexity index is 1660. The summed E-state index contributed by atoms with van der Waals surface area (Å²) in [7, 11) is 1.57. The number of fused-ring (bicyclic) bond motifs is 4. The largest absolute Gasteiger partial charge is 0.496 e. The van der Waals surface area contributed by atoms with Crippen molar-refractivity contribution in [2.75, 3.05) is 19.2 Å². The van der Waals surface area contributed by atoms with Crippen LogP contribution in [0.25, 0.3) is 0 Å². The van der Waals surface area contributed by atoms with E-state index in [1.807, 2.05) is 55.5 Å². The summed E-state index contributed by atoms with van der Waals surface area (Å²) in [5, 5.41) is 5.57. The summed E-state index contributed by atoms with van der Waals surface area (Å²) in [6.45, 7) is 2.29. The molecular weight excluding hydrogens is 570 g/mol. The molecule has 220 valence electrons. The lowest BCUT2D eigenvalue weighted by Gasteiger charge is -2.27. The first kappa shape index (κ1) is 28.3. The Balaban J connectivity index is 1.18. The molecule has 0 spiro atoms. The van der Waals surface area contributed by atoms with Crippen LogP contribution in [-0.2, 0) is 20.9 Å². The number of nitrogens with zero attached hydrogens (tertiary/aromatic N) is 3. The van der Waals surface area contributed by atoms with Crippen LogP contribution in [0.5, 0.6) is 17.2 Å². The van der Waals surface area contributed by atoms with Crippen LogP contribution < -0.4 is 24.8 Å². The number of nitrogens with one attached hydrogen (secondary N) is 2. The third kappa shape index (κ3) is 5.78. The first-order valence-electron chi connectivity index (χ1n) is 13.8. The predicted molar refractivity (Wildman–Crippen MR) is 163 cm³/mol. The molecule has 0 aromatic heterocycles. The molecule has 3 aliphatic rings. The van der Waals surface area contributed by atoms with Crippen molar-refractivity contribution in [2.45, 2.75) is 37.6 Å². The monoisotopic (exact) mass is 599 g/mol. The summed E-state index contributed by atoms with van der Waals surface area (Å²) in [4.78, 5) is 50.8. The third-order valence-electron chi connectivity index (χ3n) is 7.15. The SMILES string of the molecule is CC[C@@H](SC1=Nc2ccccc2C2=N[C@@H](CC(=O)NCc3ccccc3OC)C(=O)N12)C(=O)Nc1ccc2c(c1)OCO2. The highest BCUT2D eigenvalue weighted by Gasteiger charge is 2.43. The molecule has 0 bridgehead atoms. The highest BCUT2D eigenvalue weighted by atomic mass is 32.2. The number of anilines is 1. The summed E-state index contributed by atoms with van der Waals surface area (Å²) >= 11 is 1.19. The lowest BCUT2D eigenvalue weighted by atomic mass is 10.1. The fourth-order valence-electron chi connectivity index (χ4n) is 4.95. The van der Waals surface area contributed by atoms with Crippen LogP contribution in [0.3, 0.4) is 0 Å². The molecule has 0 saturated carbocycles. The Hall–Kier alpha value is -4.84. The molecule has 3 heterocycles. The van der Waals surface area contributed by atoms with Gasteiger partial charge < -0.3 is 24.8 Å². The topological polar surface area (TPSA) is 131 Å². The van der Waals surface area contributed by atoms with Gasteiger partial charge in [0.1, 0.15) is 17.6 Å². The van der Waals surface area contributed by atoms with Gasteiger partial charge in [0.05, 0.1) is 24.5 Å². The maximum atomic E-state index is 13.7. The highest BCUT2D eigenvalue weighted by Crippen LogP contribution is 2.37. The third-order valence-corrected chi connectivity index (χ3v) is 8.46. The summed E-state index contributed by atoms with van der Waals surface area (Å²) in [6.07, 6.45) is 0.348. The molecule has 43 heavy (non-hydrogen) atoms. The van der Waals surface area contributed by atoms with Crippen LogP contribution >= 0.6 is 11.8 Å². The molecule has 0 fully saturated rings. The molecule has 3 aliphatic heterocycles. The fraction of sp³-hybridized carbons (Fsp3) is 0.258. The first-order chi connectivity index (χ1) is 20.9. The van der Waals surface area contributed by atoms with Gasteiger partial charge in [0.25, 0.3) is 5.91 Å². The maximum Gasteiger partial charge on any atom is 0.259 e. The van der Waals surface area contributed by atoms with E-state index in [0.717, 1.165) is 5.56 Å². The van der Waals surface area contributed by atoms with Gasteiger partial charge in [-0.15, -0.1) is 0 Å². The zero-order chi connectivity index (χ0) is 29.9. The van der Waals surface area contributed by atoms with Crippen molar-refractivity contribution in [3.05, 3.63) is 77.9 Å². The minimum atomic E-state index is -0.924. The van der Waals surface area contributed by atoms with E-state index in [9.17, 15) is 14.4 Å². The summed E-state index contributed by atoms with van der Waals surface area (Å²) < 4.78 is 16.1. The minimum Gasteiger partial charge on any atom is -0.496 e. The number of carbonyl (C=O) groups excluding carboxylic acids is 3. The molecule has 0 aliphatic carbocycles. The van der Waals surface area contributed by atoms with E-state index in [4.69, 9.17) is 19.2 Å². The van der Waals surface area contributed by atoms with Gasteiger partial charge in [0.2, 0.25) is 18.6 Å².